The summed E-state index contributed by atoms with van der Waals surface area (Å²) in [4.78, 5) is 12.1. The topological polar surface area (TPSA) is 47.6 Å². The van der Waals surface area contributed by atoms with Crippen LogP contribution in [0.15, 0.2) is 48.5 Å². The quantitative estimate of drug-likeness (QED) is 0.875. The molecule has 0 aliphatic rings. The molecule has 0 fully saturated rings. The number of rotatable bonds is 6. The van der Waals surface area contributed by atoms with Crippen LogP contribution in [-0.4, -0.2) is 18.6 Å². The van der Waals surface area contributed by atoms with Crippen LogP contribution in [0.25, 0.3) is 0 Å². The number of carbonyl (C=O) groups is 1. The third-order valence-corrected chi connectivity index (χ3v) is 3.05. The van der Waals surface area contributed by atoms with Crippen LogP contribution in [0.1, 0.15) is 12.5 Å². The van der Waals surface area contributed by atoms with Gasteiger partial charge in [-0.2, -0.15) is 8.78 Å². The minimum absolute atomic E-state index is 0.0296. The largest absolute Gasteiger partial charge is 0.481 e. The number of aryl methyl sites for hydroxylation is 1. The fraction of sp³-hybridized carbons (Fsp3) is 0.235. The summed E-state index contributed by atoms with van der Waals surface area (Å²) in [7, 11) is 0. The maximum absolute atomic E-state index is 12.1. The van der Waals surface area contributed by atoms with Gasteiger partial charge in [0.25, 0.3) is 5.91 Å². The van der Waals surface area contributed by atoms with Crippen LogP contribution in [-0.2, 0) is 4.79 Å². The number of carbonyl (C=O) groups excluding carboxylic acids is 1. The number of ether oxygens (including phenoxy) is 2. The lowest BCUT2D eigenvalue weighted by Gasteiger charge is -2.15. The molecule has 1 amide bonds. The molecule has 4 nitrogen and oxygen atoms in total. The molecular weight excluding hydrogens is 304 g/mol. The van der Waals surface area contributed by atoms with E-state index in [0.29, 0.717) is 11.4 Å². The standard InChI is InChI=1S/C17H17F2NO3/c1-11-3-7-14(8-4-11)22-12(2)16(21)20-13-5-9-15(10-6-13)23-17(18)19/h3-10,12,17H,1-2H3,(H,20,21)/t12-/m1/s1. The Hall–Kier alpha value is -2.63. The smallest absolute Gasteiger partial charge is 0.387 e. The highest BCUT2D eigenvalue weighted by Gasteiger charge is 2.15. The highest BCUT2D eigenvalue weighted by molar-refractivity contribution is 5.94. The molecule has 1 N–H and O–H groups in total. The number of anilines is 1. The molecule has 0 heterocycles. The Morgan fingerprint density at radius 2 is 1.48 bits per heavy atom. The summed E-state index contributed by atoms with van der Waals surface area (Å²) in [5, 5.41) is 2.65. The molecule has 122 valence electrons. The Balaban J connectivity index is 1.91. The van der Waals surface area contributed by atoms with E-state index < -0.39 is 12.7 Å². The van der Waals surface area contributed by atoms with Gasteiger partial charge in [0.05, 0.1) is 0 Å². The molecule has 0 aliphatic carbocycles. The van der Waals surface area contributed by atoms with Gasteiger partial charge in [0.1, 0.15) is 11.5 Å². The molecular formula is C17H17F2NO3. The molecule has 2 aromatic carbocycles. The molecule has 6 heteroatoms. The lowest BCUT2D eigenvalue weighted by Crippen LogP contribution is -2.30. The predicted octanol–water partition coefficient (Wildman–Crippen LogP) is 4.00. The van der Waals surface area contributed by atoms with Crippen molar-refractivity contribution >= 4 is 11.6 Å². The van der Waals surface area contributed by atoms with Crippen molar-refractivity contribution < 1.29 is 23.0 Å². The third kappa shape index (κ3) is 5.25. The molecule has 0 bridgehead atoms. The van der Waals surface area contributed by atoms with Gasteiger partial charge in [0.2, 0.25) is 0 Å². The van der Waals surface area contributed by atoms with E-state index in [9.17, 15) is 13.6 Å². The number of nitrogens with one attached hydrogen (secondary N) is 1. The first kappa shape index (κ1) is 16.7. The summed E-state index contributed by atoms with van der Waals surface area (Å²) >= 11 is 0. The molecule has 0 spiro atoms. The van der Waals surface area contributed by atoms with Crippen LogP contribution in [0.3, 0.4) is 0 Å². The normalized spacial score (nSPS) is 11.9. The van der Waals surface area contributed by atoms with Crippen molar-refractivity contribution in [3.63, 3.8) is 0 Å². The zero-order valence-corrected chi connectivity index (χ0v) is 12.8. The first-order valence-corrected chi connectivity index (χ1v) is 7.03. The molecule has 0 saturated carbocycles. The summed E-state index contributed by atoms with van der Waals surface area (Å²) in [5.74, 6) is 0.286. The lowest BCUT2D eigenvalue weighted by atomic mass is 10.2. The summed E-state index contributed by atoms with van der Waals surface area (Å²) in [6.45, 7) is 0.712. The van der Waals surface area contributed by atoms with E-state index >= 15 is 0 Å². The summed E-state index contributed by atoms with van der Waals surface area (Å²) in [5.41, 5.74) is 1.57. The monoisotopic (exact) mass is 321 g/mol. The Bertz CT molecular complexity index is 642. The zero-order chi connectivity index (χ0) is 16.8. The minimum Gasteiger partial charge on any atom is -0.481 e. The van der Waals surface area contributed by atoms with E-state index in [2.05, 4.69) is 10.1 Å². The second kappa shape index (κ2) is 7.58. The van der Waals surface area contributed by atoms with Gasteiger partial charge in [0.15, 0.2) is 6.10 Å². The minimum atomic E-state index is -2.88. The van der Waals surface area contributed by atoms with Crippen LogP contribution >= 0.6 is 0 Å². The van der Waals surface area contributed by atoms with Crippen molar-refractivity contribution in [1.29, 1.82) is 0 Å². The summed E-state index contributed by atoms with van der Waals surface area (Å²) in [6, 6.07) is 13.0. The van der Waals surface area contributed by atoms with Gasteiger partial charge >= 0.3 is 6.61 Å². The molecule has 23 heavy (non-hydrogen) atoms. The highest BCUT2D eigenvalue weighted by Crippen LogP contribution is 2.18. The zero-order valence-electron chi connectivity index (χ0n) is 12.8. The van der Waals surface area contributed by atoms with Crippen LogP contribution < -0.4 is 14.8 Å². The van der Waals surface area contributed by atoms with Crippen molar-refractivity contribution in [1.82, 2.24) is 0 Å². The second-order valence-corrected chi connectivity index (χ2v) is 4.97. The molecule has 1 atom stereocenters. The second-order valence-electron chi connectivity index (χ2n) is 4.97. The molecule has 0 aromatic heterocycles. The van der Waals surface area contributed by atoms with Gasteiger partial charge in [-0.3, -0.25) is 4.79 Å². The van der Waals surface area contributed by atoms with E-state index in [1.54, 1.807) is 19.1 Å². The van der Waals surface area contributed by atoms with Gasteiger partial charge in [-0.25, -0.2) is 0 Å². The number of benzene rings is 2. The molecule has 0 radical (unpaired) electrons. The van der Waals surface area contributed by atoms with E-state index in [0.717, 1.165) is 5.56 Å². The van der Waals surface area contributed by atoms with Crippen molar-refractivity contribution in [2.75, 3.05) is 5.32 Å². The van der Waals surface area contributed by atoms with Crippen LogP contribution in [0.2, 0.25) is 0 Å². The Morgan fingerprint density at radius 1 is 0.957 bits per heavy atom. The Kier molecular flexibility index (Phi) is 5.51. The van der Waals surface area contributed by atoms with Crippen molar-refractivity contribution in [3.8, 4) is 11.5 Å². The van der Waals surface area contributed by atoms with Crippen molar-refractivity contribution in [2.45, 2.75) is 26.6 Å². The summed E-state index contributed by atoms with van der Waals surface area (Å²) < 4.78 is 33.9. The van der Waals surface area contributed by atoms with Gasteiger partial charge < -0.3 is 14.8 Å². The SMILES string of the molecule is Cc1ccc(O[C@H](C)C(=O)Nc2ccc(OC(F)F)cc2)cc1. The molecule has 0 saturated heterocycles. The molecule has 2 aromatic rings. The average Bonchev–Trinajstić information content (AvgIpc) is 2.51. The Morgan fingerprint density at radius 3 is 2.04 bits per heavy atom. The first-order valence-electron chi connectivity index (χ1n) is 7.03. The number of halogens is 2. The Labute approximate surface area is 133 Å². The fourth-order valence-electron chi connectivity index (χ4n) is 1.84. The molecule has 2 rings (SSSR count). The van der Waals surface area contributed by atoms with Gasteiger partial charge in [-0.05, 0) is 50.2 Å². The van der Waals surface area contributed by atoms with E-state index in [4.69, 9.17) is 4.74 Å². The fourth-order valence-corrected chi connectivity index (χ4v) is 1.84. The lowest BCUT2D eigenvalue weighted by molar-refractivity contribution is -0.122. The van der Waals surface area contributed by atoms with Crippen LogP contribution in [0.5, 0.6) is 11.5 Å². The number of alkyl halides is 2. The van der Waals surface area contributed by atoms with Crippen LogP contribution in [0.4, 0.5) is 14.5 Å². The number of amides is 1. The first-order chi connectivity index (χ1) is 10.9. The van der Waals surface area contributed by atoms with Crippen molar-refractivity contribution in [3.05, 3.63) is 54.1 Å². The van der Waals surface area contributed by atoms with Gasteiger partial charge in [-0.15, -0.1) is 0 Å². The number of hydrogen-bond donors (Lipinski definition) is 1. The van der Waals surface area contributed by atoms with E-state index in [1.165, 1.54) is 24.3 Å². The number of hydrogen-bond acceptors (Lipinski definition) is 3. The van der Waals surface area contributed by atoms with Gasteiger partial charge in [-0.1, -0.05) is 17.7 Å². The van der Waals surface area contributed by atoms with E-state index in [1.807, 2.05) is 19.1 Å². The third-order valence-electron chi connectivity index (χ3n) is 3.05. The van der Waals surface area contributed by atoms with Crippen LogP contribution in [0, 0.1) is 6.92 Å². The van der Waals surface area contributed by atoms with Crippen molar-refractivity contribution in [2.24, 2.45) is 0 Å². The van der Waals surface area contributed by atoms with E-state index in [-0.39, 0.29) is 11.7 Å². The maximum Gasteiger partial charge on any atom is 0.387 e. The molecule has 0 aliphatic heterocycles. The average molecular weight is 321 g/mol. The maximum atomic E-state index is 12.1. The summed E-state index contributed by atoms with van der Waals surface area (Å²) in [6.07, 6.45) is -0.699. The highest BCUT2D eigenvalue weighted by atomic mass is 19.3. The predicted molar refractivity (Wildman–Crippen MR) is 83.0 cm³/mol. The molecule has 0 unspecified atom stereocenters. The van der Waals surface area contributed by atoms with Gasteiger partial charge in [0, 0.05) is 5.69 Å².